The van der Waals surface area contributed by atoms with Gasteiger partial charge < -0.3 is 14.8 Å². The van der Waals surface area contributed by atoms with Gasteiger partial charge in [-0.15, -0.1) is 0 Å². The maximum Gasteiger partial charge on any atom is 0.287 e. The van der Waals surface area contributed by atoms with Crippen molar-refractivity contribution in [1.29, 1.82) is 0 Å². The summed E-state index contributed by atoms with van der Waals surface area (Å²) in [6.45, 7) is 4.03. The monoisotopic (exact) mass is 454 g/mol. The summed E-state index contributed by atoms with van der Waals surface area (Å²) in [4.78, 5) is 15.1. The van der Waals surface area contributed by atoms with Gasteiger partial charge in [0.15, 0.2) is 0 Å². The van der Waals surface area contributed by atoms with E-state index in [2.05, 4.69) is 27.4 Å². The highest BCUT2D eigenvalue weighted by Gasteiger charge is 2.23. The van der Waals surface area contributed by atoms with Crippen LogP contribution < -0.4 is 15.6 Å². The number of benzene rings is 2. The number of rotatable bonds is 8. The van der Waals surface area contributed by atoms with Crippen LogP contribution in [0.25, 0.3) is 0 Å². The lowest BCUT2D eigenvalue weighted by Gasteiger charge is -2.35. The van der Waals surface area contributed by atoms with Gasteiger partial charge in [0.1, 0.15) is 10.8 Å². The van der Waals surface area contributed by atoms with Crippen LogP contribution in [0.2, 0.25) is 5.02 Å². The molecular formula is C24H27ClN4O3. The molecule has 0 bridgehead atoms. The normalized spacial score (nSPS) is 15.3. The van der Waals surface area contributed by atoms with Gasteiger partial charge in [-0.25, -0.2) is 4.68 Å². The molecule has 0 saturated carbocycles. The number of anilines is 1. The quantitative estimate of drug-likeness (QED) is 0.562. The molecule has 0 radical (unpaired) electrons. The maximum atomic E-state index is 12.8. The van der Waals surface area contributed by atoms with E-state index in [0.29, 0.717) is 32.0 Å². The number of hydrogen-bond donors (Lipinski definition) is 1. The molecular weight excluding hydrogens is 428 g/mol. The number of ether oxygens (including phenoxy) is 2. The van der Waals surface area contributed by atoms with Gasteiger partial charge in [0.25, 0.3) is 5.56 Å². The van der Waals surface area contributed by atoms with Gasteiger partial charge in [-0.1, -0.05) is 54.1 Å². The van der Waals surface area contributed by atoms with E-state index in [0.717, 1.165) is 30.0 Å². The molecule has 1 aromatic heterocycles. The molecule has 1 unspecified atom stereocenters. The molecule has 1 aliphatic heterocycles. The van der Waals surface area contributed by atoms with Crippen molar-refractivity contribution in [2.75, 3.05) is 45.3 Å². The molecule has 168 valence electrons. The molecule has 2 aromatic carbocycles. The number of nitrogens with zero attached hydrogens (tertiary/aromatic N) is 3. The first-order valence-electron chi connectivity index (χ1n) is 10.6. The summed E-state index contributed by atoms with van der Waals surface area (Å²) in [5.41, 5.74) is 2.37. The van der Waals surface area contributed by atoms with E-state index in [1.54, 1.807) is 13.3 Å². The summed E-state index contributed by atoms with van der Waals surface area (Å²) in [5, 5.41) is 7.82. The standard InChI is InChI=1S/C24H27ClN4O3/c1-31-20-9-7-19(8-10-20)22(28-11-13-32-14-12-28)16-26-21-15-27-29(24(30)23(21)25)17-18-5-3-2-4-6-18/h2-10,15,22,26H,11-14,16-17H2,1H3. The third-order valence-electron chi connectivity index (χ3n) is 5.63. The van der Waals surface area contributed by atoms with Crippen LogP contribution in [0.15, 0.2) is 65.6 Å². The highest BCUT2D eigenvalue weighted by molar-refractivity contribution is 6.32. The molecule has 2 heterocycles. The van der Waals surface area contributed by atoms with Gasteiger partial charge in [0.2, 0.25) is 0 Å². The summed E-state index contributed by atoms with van der Waals surface area (Å²) in [6.07, 6.45) is 1.62. The third-order valence-corrected chi connectivity index (χ3v) is 6.00. The number of morpholine rings is 1. The van der Waals surface area contributed by atoms with Crippen LogP contribution in [0, 0.1) is 0 Å². The Morgan fingerprint density at radius 2 is 1.84 bits per heavy atom. The van der Waals surface area contributed by atoms with E-state index in [4.69, 9.17) is 21.1 Å². The second-order valence-electron chi connectivity index (χ2n) is 7.64. The van der Waals surface area contributed by atoms with E-state index >= 15 is 0 Å². The predicted molar refractivity (Wildman–Crippen MR) is 126 cm³/mol. The molecule has 0 amide bonds. The van der Waals surface area contributed by atoms with E-state index in [1.165, 1.54) is 4.68 Å². The van der Waals surface area contributed by atoms with E-state index < -0.39 is 0 Å². The minimum absolute atomic E-state index is 0.0904. The van der Waals surface area contributed by atoms with Crippen molar-refractivity contribution in [3.63, 3.8) is 0 Å². The van der Waals surface area contributed by atoms with Crippen LogP contribution in [-0.4, -0.2) is 54.6 Å². The van der Waals surface area contributed by atoms with Crippen LogP contribution in [-0.2, 0) is 11.3 Å². The predicted octanol–water partition coefficient (Wildman–Crippen LogP) is 3.44. The third kappa shape index (κ3) is 5.30. The Bertz CT molecular complexity index is 1070. The first-order chi connectivity index (χ1) is 15.7. The highest BCUT2D eigenvalue weighted by Crippen LogP contribution is 2.26. The summed E-state index contributed by atoms with van der Waals surface area (Å²) < 4.78 is 12.2. The van der Waals surface area contributed by atoms with Gasteiger partial charge >= 0.3 is 0 Å². The van der Waals surface area contributed by atoms with Crippen LogP contribution in [0.3, 0.4) is 0 Å². The summed E-state index contributed by atoms with van der Waals surface area (Å²) >= 11 is 6.43. The molecule has 1 saturated heterocycles. The Morgan fingerprint density at radius 1 is 1.12 bits per heavy atom. The molecule has 0 aliphatic carbocycles. The number of nitrogens with one attached hydrogen (secondary N) is 1. The molecule has 32 heavy (non-hydrogen) atoms. The van der Waals surface area contributed by atoms with Gasteiger partial charge in [0, 0.05) is 19.6 Å². The SMILES string of the molecule is COc1ccc(C(CNc2cnn(Cc3ccccc3)c(=O)c2Cl)N2CCOCC2)cc1. The molecule has 1 atom stereocenters. The lowest BCUT2D eigenvalue weighted by Crippen LogP contribution is -2.41. The lowest BCUT2D eigenvalue weighted by molar-refractivity contribution is 0.0187. The maximum absolute atomic E-state index is 12.8. The molecule has 4 rings (SSSR count). The van der Waals surface area contributed by atoms with E-state index in [9.17, 15) is 4.79 Å². The molecule has 1 fully saturated rings. The first kappa shape index (κ1) is 22.3. The summed E-state index contributed by atoms with van der Waals surface area (Å²) in [7, 11) is 1.66. The second kappa shape index (κ2) is 10.6. The Balaban J connectivity index is 1.51. The molecule has 3 aromatic rings. The van der Waals surface area contributed by atoms with Gasteiger partial charge in [0.05, 0.1) is 44.8 Å². The number of halogens is 1. The molecule has 7 nitrogen and oxygen atoms in total. The number of aromatic nitrogens is 2. The molecule has 1 N–H and O–H groups in total. The van der Waals surface area contributed by atoms with Crippen LogP contribution in [0.1, 0.15) is 17.2 Å². The van der Waals surface area contributed by atoms with Crippen molar-refractivity contribution >= 4 is 17.3 Å². The van der Waals surface area contributed by atoms with Crippen molar-refractivity contribution in [3.8, 4) is 5.75 Å². The lowest BCUT2D eigenvalue weighted by atomic mass is 10.0. The van der Waals surface area contributed by atoms with Crippen molar-refractivity contribution in [2.24, 2.45) is 0 Å². The average molecular weight is 455 g/mol. The Hall–Kier alpha value is -2.87. The summed E-state index contributed by atoms with van der Waals surface area (Å²) in [6, 6.07) is 17.9. The van der Waals surface area contributed by atoms with Crippen molar-refractivity contribution in [2.45, 2.75) is 12.6 Å². The van der Waals surface area contributed by atoms with Crippen LogP contribution >= 0.6 is 11.6 Å². The zero-order valence-corrected chi connectivity index (χ0v) is 18.8. The molecule has 1 aliphatic rings. The van der Waals surface area contributed by atoms with Crippen molar-refractivity contribution in [3.05, 3.63) is 87.3 Å². The fraction of sp³-hybridized carbons (Fsp3) is 0.333. The summed E-state index contributed by atoms with van der Waals surface area (Å²) in [5.74, 6) is 0.816. The second-order valence-corrected chi connectivity index (χ2v) is 8.02. The zero-order valence-electron chi connectivity index (χ0n) is 18.0. The fourth-order valence-electron chi connectivity index (χ4n) is 3.84. The van der Waals surface area contributed by atoms with Crippen molar-refractivity contribution in [1.82, 2.24) is 14.7 Å². The highest BCUT2D eigenvalue weighted by atomic mass is 35.5. The minimum Gasteiger partial charge on any atom is -0.497 e. The van der Waals surface area contributed by atoms with Crippen LogP contribution in [0.5, 0.6) is 5.75 Å². The van der Waals surface area contributed by atoms with Crippen LogP contribution in [0.4, 0.5) is 5.69 Å². The fourth-order valence-corrected chi connectivity index (χ4v) is 4.05. The molecule has 0 spiro atoms. The van der Waals surface area contributed by atoms with Gasteiger partial charge in [-0.05, 0) is 23.3 Å². The molecule has 8 heteroatoms. The van der Waals surface area contributed by atoms with Gasteiger partial charge in [-0.2, -0.15) is 5.10 Å². The Labute approximate surface area is 192 Å². The Kier molecular flexibility index (Phi) is 7.42. The van der Waals surface area contributed by atoms with E-state index in [-0.39, 0.29) is 16.6 Å². The first-order valence-corrected chi connectivity index (χ1v) is 11.0. The number of hydrogen-bond acceptors (Lipinski definition) is 6. The topological polar surface area (TPSA) is 68.6 Å². The average Bonchev–Trinajstić information content (AvgIpc) is 2.85. The smallest absolute Gasteiger partial charge is 0.287 e. The van der Waals surface area contributed by atoms with Crippen molar-refractivity contribution < 1.29 is 9.47 Å². The zero-order chi connectivity index (χ0) is 22.3. The number of methoxy groups -OCH3 is 1. The Morgan fingerprint density at radius 3 is 2.53 bits per heavy atom. The largest absolute Gasteiger partial charge is 0.497 e. The van der Waals surface area contributed by atoms with Gasteiger partial charge in [-0.3, -0.25) is 9.69 Å². The van der Waals surface area contributed by atoms with E-state index in [1.807, 2.05) is 42.5 Å². The minimum atomic E-state index is -0.312.